The van der Waals surface area contributed by atoms with Gasteiger partial charge in [-0.2, -0.15) is 0 Å². The molecule has 152 valence electrons. The predicted molar refractivity (Wildman–Crippen MR) is 116 cm³/mol. The van der Waals surface area contributed by atoms with E-state index < -0.39 is 0 Å². The number of carbonyl (C=O) groups is 1. The van der Waals surface area contributed by atoms with Crippen LogP contribution >= 0.6 is 11.3 Å². The molecule has 1 N–H and O–H groups in total. The first-order valence-electron chi connectivity index (χ1n) is 9.26. The number of aromatic nitrogens is 1. The summed E-state index contributed by atoms with van der Waals surface area (Å²) in [5, 5.41) is 5.28. The molecule has 7 heteroatoms. The third-order valence-corrected chi connectivity index (χ3v) is 5.22. The predicted octanol–water partition coefficient (Wildman–Crippen LogP) is 5.04. The molecule has 3 aromatic rings. The van der Waals surface area contributed by atoms with Crippen LogP contribution in [0.2, 0.25) is 0 Å². The number of ether oxygens (including phenoxy) is 3. The Morgan fingerprint density at radius 3 is 2.34 bits per heavy atom. The molecular formula is C22H24N2O4S. The number of methoxy groups -OCH3 is 3. The highest BCUT2D eigenvalue weighted by molar-refractivity contribution is 7.14. The van der Waals surface area contributed by atoms with Crippen LogP contribution in [0.3, 0.4) is 0 Å². The molecule has 1 heterocycles. The molecule has 0 saturated carbocycles. The number of hydrogen-bond acceptors (Lipinski definition) is 6. The lowest BCUT2D eigenvalue weighted by atomic mass is 10.1. The molecule has 0 aliphatic rings. The summed E-state index contributed by atoms with van der Waals surface area (Å²) < 4.78 is 16.0. The van der Waals surface area contributed by atoms with E-state index in [4.69, 9.17) is 14.2 Å². The lowest BCUT2D eigenvalue weighted by Crippen LogP contribution is -2.13. The first-order chi connectivity index (χ1) is 14.1. The Morgan fingerprint density at radius 2 is 1.72 bits per heavy atom. The van der Waals surface area contributed by atoms with Crippen molar-refractivity contribution in [3.8, 4) is 28.5 Å². The zero-order valence-electron chi connectivity index (χ0n) is 16.9. The molecule has 3 rings (SSSR count). The minimum Gasteiger partial charge on any atom is -0.493 e. The van der Waals surface area contributed by atoms with Gasteiger partial charge in [-0.15, -0.1) is 11.3 Å². The monoisotopic (exact) mass is 412 g/mol. The van der Waals surface area contributed by atoms with E-state index in [1.807, 2.05) is 5.38 Å². The van der Waals surface area contributed by atoms with Gasteiger partial charge in [0, 0.05) is 10.9 Å². The van der Waals surface area contributed by atoms with E-state index in [2.05, 4.69) is 41.5 Å². The Bertz CT molecular complexity index is 983. The SMILES string of the molecule is CCCc1ccc(-c2csc(NC(=O)c3ccc(OC)c(OC)c3OC)n2)cc1. The fourth-order valence-corrected chi connectivity index (χ4v) is 3.75. The van der Waals surface area contributed by atoms with Gasteiger partial charge in [-0.05, 0) is 24.1 Å². The minimum absolute atomic E-state index is 0.313. The van der Waals surface area contributed by atoms with Gasteiger partial charge in [0.2, 0.25) is 5.75 Å². The average molecular weight is 413 g/mol. The van der Waals surface area contributed by atoms with E-state index in [1.54, 1.807) is 12.1 Å². The highest BCUT2D eigenvalue weighted by Crippen LogP contribution is 2.40. The lowest BCUT2D eigenvalue weighted by molar-refractivity contribution is 0.102. The molecule has 0 unspecified atom stereocenters. The molecule has 1 amide bonds. The number of benzene rings is 2. The largest absolute Gasteiger partial charge is 0.493 e. The molecule has 0 bridgehead atoms. The fraction of sp³-hybridized carbons (Fsp3) is 0.273. The molecule has 0 fully saturated rings. The topological polar surface area (TPSA) is 69.7 Å². The summed E-state index contributed by atoms with van der Waals surface area (Å²) in [7, 11) is 4.52. The summed E-state index contributed by atoms with van der Waals surface area (Å²) in [4.78, 5) is 17.3. The molecule has 0 atom stereocenters. The second-order valence-corrected chi connectivity index (χ2v) is 7.18. The first kappa shape index (κ1) is 20.7. The van der Waals surface area contributed by atoms with Crippen molar-refractivity contribution in [3.63, 3.8) is 0 Å². The highest BCUT2D eigenvalue weighted by atomic mass is 32.1. The number of carbonyl (C=O) groups excluding carboxylic acids is 1. The molecule has 0 saturated heterocycles. The van der Waals surface area contributed by atoms with Crippen molar-refractivity contribution in [1.82, 2.24) is 4.98 Å². The van der Waals surface area contributed by atoms with Crippen molar-refractivity contribution >= 4 is 22.4 Å². The fourth-order valence-electron chi connectivity index (χ4n) is 3.04. The first-order valence-corrected chi connectivity index (χ1v) is 10.1. The van der Waals surface area contributed by atoms with Crippen molar-refractivity contribution in [2.24, 2.45) is 0 Å². The molecular weight excluding hydrogens is 388 g/mol. The van der Waals surface area contributed by atoms with Gasteiger partial charge in [-0.25, -0.2) is 4.98 Å². The van der Waals surface area contributed by atoms with Gasteiger partial charge in [-0.1, -0.05) is 37.6 Å². The summed E-state index contributed by atoms with van der Waals surface area (Å²) >= 11 is 1.37. The van der Waals surface area contributed by atoms with Crippen molar-refractivity contribution in [2.45, 2.75) is 19.8 Å². The number of amides is 1. The van der Waals surface area contributed by atoms with Gasteiger partial charge >= 0.3 is 0 Å². The molecule has 0 aliphatic heterocycles. The Hall–Kier alpha value is -3.06. The van der Waals surface area contributed by atoms with Crippen molar-refractivity contribution in [2.75, 3.05) is 26.6 Å². The van der Waals surface area contributed by atoms with Gasteiger partial charge in [-0.3, -0.25) is 10.1 Å². The zero-order chi connectivity index (χ0) is 20.8. The van der Waals surface area contributed by atoms with E-state index >= 15 is 0 Å². The number of rotatable bonds is 8. The van der Waals surface area contributed by atoms with E-state index in [1.165, 1.54) is 38.2 Å². The summed E-state index contributed by atoms with van der Waals surface area (Å²) in [6, 6.07) is 11.7. The Balaban J connectivity index is 1.80. The second-order valence-electron chi connectivity index (χ2n) is 6.32. The molecule has 29 heavy (non-hydrogen) atoms. The van der Waals surface area contributed by atoms with Gasteiger partial charge < -0.3 is 14.2 Å². The van der Waals surface area contributed by atoms with E-state index in [-0.39, 0.29) is 5.91 Å². The number of anilines is 1. The molecule has 0 spiro atoms. The summed E-state index contributed by atoms with van der Waals surface area (Å²) in [5.41, 5.74) is 3.49. The number of hydrogen-bond donors (Lipinski definition) is 1. The normalized spacial score (nSPS) is 10.5. The lowest BCUT2D eigenvalue weighted by Gasteiger charge is -2.15. The van der Waals surface area contributed by atoms with Crippen LogP contribution in [-0.4, -0.2) is 32.2 Å². The van der Waals surface area contributed by atoms with Gasteiger partial charge in [0.25, 0.3) is 5.91 Å². The van der Waals surface area contributed by atoms with Crippen LogP contribution in [0, 0.1) is 0 Å². The molecule has 0 aliphatic carbocycles. The number of aryl methyl sites for hydroxylation is 1. The van der Waals surface area contributed by atoms with Crippen molar-refractivity contribution < 1.29 is 19.0 Å². The van der Waals surface area contributed by atoms with E-state index in [0.29, 0.717) is 27.9 Å². The maximum Gasteiger partial charge on any atom is 0.261 e. The number of nitrogens with one attached hydrogen (secondary N) is 1. The van der Waals surface area contributed by atoms with E-state index in [0.717, 1.165) is 24.1 Å². The van der Waals surface area contributed by atoms with Crippen LogP contribution in [0.15, 0.2) is 41.8 Å². The molecule has 1 aromatic heterocycles. The number of nitrogens with zero attached hydrogens (tertiary/aromatic N) is 1. The third kappa shape index (κ3) is 4.51. The zero-order valence-corrected chi connectivity index (χ0v) is 17.8. The quantitative estimate of drug-likeness (QED) is 0.561. The standard InChI is InChI=1S/C22H24N2O4S/c1-5-6-14-7-9-15(10-8-14)17-13-29-22(23-17)24-21(25)16-11-12-18(26-2)20(28-4)19(16)27-3/h7-13H,5-6H2,1-4H3,(H,23,24,25). The van der Waals surface area contributed by atoms with E-state index in [9.17, 15) is 4.79 Å². The highest BCUT2D eigenvalue weighted by Gasteiger charge is 2.21. The minimum atomic E-state index is -0.331. The van der Waals surface area contributed by atoms with Gasteiger partial charge in [0.1, 0.15) is 0 Å². The Labute approximate surface area is 174 Å². The van der Waals surface area contributed by atoms with Crippen LogP contribution < -0.4 is 19.5 Å². The Morgan fingerprint density at radius 1 is 1.00 bits per heavy atom. The van der Waals surface area contributed by atoms with Crippen LogP contribution in [0.1, 0.15) is 29.3 Å². The van der Waals surface area contributed by atoms with Crippen molar-refractivity contribution in [1.29, 1.82) is 0 Å². The van der Waals surface area contributed by atoms with Crippen LogP contribution in [-0.2, 0) is 6.42 Å². The third-order valence-electron chi connectivity index (χ3n) is 4.46. The summed E-state index contributed by atoms with van der Waals surface area (Å²) in [5.74, 6) is 0.841. The second kappa shape index (κ2) is 9.43. The Kier molecular flexibility index (Phi) is 6.72. The van der Waals surface area contributed by atoms with Crippen molar-refractivity contribution in [3.05, 3.63) is 52.9 Å². The average Bonchev–Trinajstić information content (AvgIpc) is 3.21. The molecule has 0 radical (unpaired) electrons. The summed E-state index contributed by atoms with van der Waals surface area (Å²) in [6.45, 7) is 2.16. The molecule has 2 aromatic carbocycles. The summed E-state index contributed by atoms with van der Waals surface area (Å²) in [6.07, 6.45) is 2.18. The molecule has 6 nitrogen and oxygen atoms in total. The van der Waals surface area contributed by atoms with Gasteiger partial charge in [0.15, 0.2) is 16.6 Å². The maximum absolute atomic E-state index is 12.8. The maximum atomic E-state index is 12.8. The van der Waals surface area contributed by atoms with Gasteiger partial charge in [0.05, 0.1) is 32.6 Å². The van der Waals surface area contributed by atoms with Crippen LogP contribution in [0.5, 0.6) is 17.2 Å². The van der Waals surface area contributed by atoms with Crippen LogP contribution in [0.25, 0.3) is 11.3 Å². The smallest absolute Gasteiger partial charge is 0.261 e. The number of thiazole rings is 1. The van der Waals surface area contributed by atoms with Crippen LogP contribution in [0.4, 0.5) is 5.13 Å².